The van der Waals surface area contributed by atoms with E-state index in [0.717, 1.165) is 26.0 Å². The molecule has 0 bridgehead atoms. The van der Waals surface area contributed by atoms with Crippen molar-refractivity contribution in [3.8, 4) is 0 Å². The summed E-state index contributed by atoms with van der Waals surface area (Å²) in [6.07, 6.45) is 0. The summed E-state index contributed by atoms with van der Waals surface area (Å²) in [5, 5.41) is 0. The number of anilines is 3. The monoisotopic (exact) mass is 437 g/mol. The highest BCUT2D eigenvalue weighted by Crippen LogP contribution is 2.37. The molecule has 0 aliphatic heterocycles. The number of hydrogen-bond acceptors (Lipinski definition) is 1. The second-order valence-electron chi connectivity index (χ2n) is 4.92. The number of nitrogens with zero attached hydrogens (tertiary/aromatic N) is 1. The number of halogens is 4. The van der Waals surface area contributed by atoms with Gasteiger partial charge in [0, 0.05) is 26.0 Å². The van der Waals surface area contributed by atoms with Crippen LogP contribution in [-0.4, -0.2) is 0 Å². The van der Waals surface area contributed by atoms with Crippen LogP contribution in [0.2, 0.25) is 0 Å². The molecule has 116 valence electrons. The first-order chi connectivity index (χ1) is 11.0. The molecule has 5 heteroatoms. The van der Waals surface area contributed by atoms with Gasteiger partial charge in [-0.25, -0.2) is 8.78 Å². The van der Waals surface area contributed by atoms with E-state index in [0.29, 0.717) is 0 Å². The molecule has 0 radical (unpaired) electrons. The van der Waals surface area contributed by atoms with Crippen molar-refractivity contribution < 1.29 is 8.78 Å². The van der Waals surface area contributed by atoms with Gasteiger partial charge in [0.05, 0.1) is 0 Å². The van der Waals surface area contributed by atoms with Crippen LogP contribution < -0.4 is 4.90 Å². The van der Waals surface area contributed by atoms with E-state index >= 15 is 0 Å². The molecular weight excluding hydrogens is 428 g/mol. The molecule has 0 aliphatic rings. The minimum Gasteiger partial charge on any atom is -0.310 e. The Morgan fingerprint density at radius 3 is 1.35 bits per heavy atom. The molecule has 3 aromatic rings. The summed E-state index contributed by atoms with van der Waals surface area (Å²) in [4.78, 5) is 1.92. The Bertz CT molecular complexity index is 752. The van der Waals surface area contributed by atoms with Crippen LogP contribution in [-0.2, 0) is 0 Å². The minimum absolute atomic E-state index is 0.303. The van der Waals surface area contributed by atoms with Gasteiger partial charge in [0.2, 0.25) is 0 Å². The molecule has 0 saturated carbocycles. The van der Waals surface area contributed by atoms with E-state index in [9.17, 15) is 8.78 Å². The van der Waals surface area contributed by atoms with Crippen LogP contribution in [0.25, 0.3) is 0 Å². The van der Waals surface area contributed by atoms with E-state index < -0.39 is 0 Å². The molecule has 0 aliphatic carbocycles. The molecule has 3 rings (SSSR count). The van der Waals surface area contributed by atoms with Crippen LogP contribution >= 0.6 is 31.9 Å². The molecule has 23 heavy (non-hydrogen) atoms. The first-order valence-corrected chi connectivity index (χ1v) is 8.39. The third kappa shape index (κ3) is 3.79. The first-order valence-electron chi connectivity index (χ1n) is 6.80. The summed E-state index contributed by atoms with van der Waals surface area (Å²) in [6, 6.07) is 18.2. The fourth-order valence-corrected chi connectivity index (χ4v) is 3.57. The lowest BCUT2D eigenvalue weighted by molar-refractivity contribution is 0.628. The van der Waals surface area contributed by atoms with Crippen LogP contribution in [0.4, 0.5) is 25.8 Å². The van der Waals surface area contributed by atoms with Gasteiger partial charge >= 0.3 is 0 Å². The Labute approximate surface area is 149 Å². The number of benzene rings is 3. The van der Waals surface area contributed by atoms with Crippen LogP contribution in [0.1, 0.15) is 0 Å². The second kappa shape index (κ2) is 6.81. The lowest BCUT2D eigenvalue weighted by atomic mass is 10.2. The maximum Gasteiger partial charge on any atom is 0.123 e. The summed E-state index contributed by atoms with van der Waals surface area (Å²) in [6.45, 7) is 0. The van der Waals surface area contributed by atoms with Gasteiger partial charge < -0.3 is 4.90 Å². The SMILES string of the molecule is Fc1ccc(N(c2ccc(F)cc2)c2cc(Br)cc(Br)c2)cc1. The Hall–Kier alpha value is -1.72. The van der Waals surface area contributed by atoms with E-state index in [2.05, 4.69) is 31.9 Å². The Balaban J connectivity index is 2.16. The van der Waals surface area contributed by atoms with Gasteiger partial charge in [0.1, 0.15) is 11.6 Å². The smallest absolute Gasteiger partial charge is 0.123 e. The fourth-order valence-electron chi connectivity index (χ4n) is 2.30. The zero-order valence-electron chi connectivity index (χ0n) is 11.8. The Morgan fingerprint density at radius 1 is 0.565 bits per heavy atom. The van der Waals surface area contributed by atoms with Crippen LogP contribution in [0.5, 0.6) is 0 Å². The van der Waals surface area contributed by atoms with Crippen LogP contribution in [0, 0.1) is 11.6 Å². The Kier molecular flexibility index (Phi) is 4.78. The summed E-state index contributed by atoms with van der Waals surface area (Å²) in [7, 11) is 0. The summed E-state index contributed by atoms with van der Waals surface area (Å²) in [5.41, 5.74) is 2.43. The number of hydrogen-bond donors (Lipinski definition) is 0. The molecule has 0 spiro atoms. The van der Waals surface area contributed by atoms with Gasteiger partial charge in [-0.2, -0.15) is 0 Å². The average molecular weight is 439 g/mol. The topological polar surface area (TPSA) is 3.24 Å². The quantitative estimate of drug-likeness (QED) is 0.427. The second-order valence-corrected chi connectivity index (χ2v) is 6.75. The largest absolute Gasteiger partial charge is 0.310 e. The van der Waals surface area contributed by atoms with Crippen LogP contribution in [0.3, 0.4) is 0 Å². The molecule has 0 N–H and O–H groups in total. The third-order valence-corrected chi connectivity index (χ3v) is 4.19. The maximum atomic E-state index is 13.3. The van der Waals surface area contributed by atoms with Gasteiger partial charge in [-0.05, 0) is 66.7 Å². The zero-order valence-corrected chi connectivity index (χ0v) is 15.0. The molecule has 0 heterocycles. The standard InChI is InChI=1S/C18H11Br2F2N/c19-12-9-13(20)11-18(10-12)23(16-5-1-14(21)2-6-16)17-7-3-15(22)4-8-17/h1-11H. The van der Waals surface area contributed by atoms with Crippen molar-refractivity contribution in [1.29, 1.82) is 0 Å². The highest BCUT2D eigenvalue weighted by Gasteiger charge is 2.13. The highest BCUT2D eigenvalue weighted by atomic mass is 79.9. The maximum absolute atomic E-state index is 13.3. The first kappa shape index (κ1) is 16.1. The predicted octanol–water partition coefficient (Wildman–Crippen LogP) is 6.96. The van der Waals surface area contributed by atoms with E-state index in [1.165, 1.54) is 24.3 Å². The van der Waals surface area contributed by atoms with E-state index in [1.807, 2.05) is 23.1 Å². The van der Waals surface area contributed by atoms with Gasteiger partial charge in [-0.3, -0.25) is 0 Å². The van der Waals surface area contributed by atoms with Crippen molar-refractivity contribution in [3.63, 3.8) is 0 Å². The molecule has 1 nitrogen and oxygen atoms in total. The molecule has 0 saturated heterocycles. The van der Waals surface area contributed by atoms with Crippen molar-refractivity contribution in [2.45, 2.75) is 0 Å². The lowest BCUT2D eigenvalue weighted by Gasteiger charge is -2.25. The van der Waals surface area contributed by atoms with E-state index in [-0.39, 0.29) is 11.6 Å². The molecule has 0 unspecified atom stereocenters. The van der Waals surface area contributed by atoms with Gasteiger partial charge in [-0.15, -0.1) is 0 Å². The number of rotatable bonds is 3. The van der Waals surface area contributed by atoms with E-state index in [1.54, 1.807) is 24.3 Å². The third-order valence-electron chi connectivity index (χ3n) is 3.28. The van der Waals surface area contributed by atoms with Crippen molar-refractivity contribution >= 4 is 48.9 Å². The van der Waals surface area contributed by atoms with E-state index in [4.69, 9.17) is 0 Å². The normalized spacial score (nSPS) is 10.6. The van der Waals surface area contributed by atoms with Gasteiger partial charge in [0.25, 0.3) is 0 Å². The predicted molar refractivity (Wildman–Crippen MR) is 96.4 cm³/mol. The molecule has 3 aromatic carbocycles. The van der Waals surface area contributed by atoms with Crippen molar-refractivity contribution in [3.05, 3.63) is 87.3 Å². The lowest BCUT2D eigenvalue weighted by Crippen LogP contribution is -2.10. The summed E-state index contributed by atoms with van der Waals surface area (Å²) < 4.78 is 28.3. The molecular formula is C18H11Br2F2N. The van der Waals surface area contributed by atoms with Crippen LogP contribution in [0.15, 0.2) is 75.7 Å². The Morgan fingerprint density at radius 2 is 0.957 bits per heavy atom. The van der Waals surface area contributed by atoms with Crippen molar-refractivity contribution in [2.75, 3.05) is 4.90 Å². The molecule has 0 fully saturated rings. The fraction of sp³-hybridized carbons (Fsp3) is 0. The van der Waals surface area contributed by atoms with Crippen molar-refractivity contribution in [1.82, 2.24) is 0 Å². The average Bonchev–Trinajstić information content (AvgIpc) is 2.50. The van der Waals surface area contributed by atoms with Crippen molar-refractivity contribution in [2.24, 2.45) is 0 Å². The summed E-state index contributed by atoms with van der Waals surface area (Å²) >= 11 is 6.95. The highest BCUT2D eigenvalue weighted by molar-refractivity contribution is 9.11. The molecule has 0 atom stereocenters. The van der Waals surface area contributed by atoms with Gasteiger partial charge in [0.15, 0.2) is 0 Å². The minimum atomic E-state index is -0.303. The molecule has 0 aromatic heterocycles. The zero-order chi connectivity index (χ0) is 16.4. The van der Waals surface area contributed by atoms with Gasteiger partial charge in [-0.1, -0.05) is 31.9 Å². The molecule has 0 amide bonds. The summed E-state index contributed by atoms with van der Waals surface area (Å²) in [5.74, 6) is -0.605.